The topological polar surface area (TPSA) is 75.0 Å². The number of piperazine rings is 1. The number of aryl methyl sites for hydroxylation is 2. The monoisotopic (exact) mass is 467 g/mol. The molecule has 1 aromatic heterocycles. The number of carboxylic acid groups (broad SMARTS) is 1. The SMILES string of the molecule is COc1ccc(CN2CCN(c3c(Cl)cc4c(=O)c(C(=O)O)cn5c4c3CCC5)CC2)cc1. The zero-order valence-electron chi connectivity index (χ0n) is 18.5. The molecule has 3 heterocycles. The van der Waals surface area contributed by atoms with Gasteiger partial charge in [-0.25, -0.2) is 4.79 Å². The van der Waals surface area contributed by atoms with E-state index in [1.807, 2.05) is 16.7 Å². The van der Waals surface area contributed by atoms with Crippen molar-refractivity contribution in [3.8, 4) is 5.75 Å². The molecule has 7 nitrogen and oxygen atoms in total. The van der Waals surface area contributed by atoms with E-state index in [2.05, 4.69) is 21.9 Å². The predicted molar refractivity (Wildman–Crippen MR) is 129 cm³/mol. The van der Waals surface area contributed by atoms with Gasteiger partial charge in [-0.15, -0.1) is 0 Å². The number of rotatable bonds is 5. The zero-order chi connectivity index (χ0) is 23.1. The fourth-order valence-corrected chi connectivity index (χ4v) is 5.40. The summed E-state index contributed by atoms with van der Waals surface area (Å²) in [6.45, 7) is 5.07. The number of anilines is 1. The number of pyridine rings is 1. The highest BCUT2D eigenvalue weighted by molar-refractivity contribution is 6.34. The van der Waals surface area contributed by atoms with Gasteiger partial charge in [0.1, 0.15) is 11.3 Å². The van der Waals surface area contributed by atoms with Gasteiger partial charge in [-0.2, -0.15) is 0 Å². The quantitative estimate of drug-likeness (QED) is 0.617. The predicted octanol–water partition coefficient (Wildman–Crippen LogP) is 3.63. The summed E-state index contributed by atoms with van der Waals surface area (Å²) in [5, 5.41) is 10.4. The maximum Gasteiger partial charge on any atom is 0.341 e. The van der Waals surface area contributed by atoms with Crippen molar-refractivity contribution in [2.45, 2.75) is 25.9 Å². The number of carboxylic acids is 1. The van der Waals surface area contributed by atoms with Crippen molar-refractivity contribution in [3.63, 3.8) is 0 Å². The van der Waals surface area contributed by atoms with E-state index in [0.717, 1.165) is 68.1 Å². The highest BCUT2D eigenvalue weighted by atomic mass is 35.5. The number of aromatic nitrogens is 1. The largest absolute Gasteiger partial charge is 0.497 e. The van der Waals surface area contributed by atoms with E-state index in [1.54, 1.807) is 13.2 Å². The molecule has 2 aliphatic rings. The van der Waals surface area contributed by atoms with Crippen molar-refractivity contribution in [1.82, 2.24) is 9.47 Å². The van der Waals surface area contributed by atoms with Crippen molar-refractivity contribution >= 4 is 34.2 Å². The maximum atomic E-state index is 12.8. The van der Waals surface area contributed by atoms with E-state index < -0.39 is 11.4 Å². The van der Waals surface area contributed by atoms with Gasteiger partial charge in [0.15, 0.2) is 0 Å². The molecule has 8 heteroatoms. The van der Waals surface area contributed by atoms with Crippen LogP contribution in [-0.4, -0.2) is 53.8 Å². The molecular weight excluding hydrogens is 442 g/mol. The Kier molecular flexibility index (Phi) is 5.76. The Morgan fingerprint density at radius 2 is 1.85 bits per heavy atom. The number of aromatic carboxylic acids is 1. The summed E-state index contributed by atoms with van der Waals surface area (Å²) in [5.74, 6) is -0.344. The summed E-state index contributed by atoms with van der Waals surface area (Å²) in [6, 6.07) is 9.83. The van der Waals surface area contributed by atoms with Gasteiger partial charge in [-0.05, 0) is 36.6 Å². The molecule has 172 valence electrons. The molecular formula is C25H26ClN3O4. The summed E-state index contributed by atoms with van der Waals surface area (Å²) in [6.07, 6.45) is 3.19. The Labute approximate surface area is 196 Å². The number of carbonyl (C=O) groups is 1. The van der Waals surface area contributed by atoms with Crippen molar-refractivity contribution in [1.29, 1.82) is 0 Å². The Balaban J connectivity index is 1.42. The number of methoxy groups -OCH3 is 1. The first kappa shape index (κ1) is 21.8. The second-order valence-corrected chi connectivity index (χ2v) is 9.07. The number of nitrogens with zero attached hydrogens (tertiary/aromatic N) is 3. The van der Waals surface area contributed by atoms with Crippen LogP contribution >= 0.6 is 11.6 Å². The first-order chi connectivity index (χ1) is 16.0. The van der Waals surface area contributed by atoms with Gasteiger partial charge in [0.2, 0.25) is 5.43 Å². The zero-order valence-corrected chi connectivity index (χ0v) is 19.3. The third kappa shape index (κ3) is 3.96. The maximum absolute atomic E-state index is 12.8. The van der Waals surface area contributed by atoms with Crippen molar-refractivity contribution in [2.75, 3.05) is 38.2 Å². The van der Waals surface area contributed by atoms with Crippen LogP contribution in [0.25, 0.3) is 10.9 Å². The average molecular weight is 468 g/mol. The summed E-state index contributed by atoms with van der Waals surface area (Å²) >= 11 is 6.73. The normalized spacial score (nSPS) is 16.2. The lowest BCUT2D eigenvalue weighted by Crippen LogP contribution is -2.46. The molecule has 1 N–H and O–H groups in total. The van der Waals surface area contributed by atoms with Crippen LogP contribution in [0.1, 0.15) is 27.9 Å². The van der Waals surface area contributed by atoms with Crippen LogP contribution < -0.4 is 15.1 Å². The molecule has 2 aromatic carbocycles. The van der Waals surface area contributed by atoms with Crippen LogP contribution in [0.15, 0.2) is 41.3 Å². The van der Waals surface area contributed by atoms with E-state index in [9.17, 15) is 14.7 Å². The highest BCUT2D eigenvalue weighted by Gasteiger charge is 2.27. The molecule has 0 bridgehead atoms. The summed E-state index contributed by atoms with van der Waals surface area (Å²) in [7, 11) is 1.67. The van der Waals surface area contributed by atoms with E-state index >= 15 is 0 Å². The van der Waals surface area contributed by atoms with Gasteiger partial charge in [-0.1, -0.05) is 23.7 Å². The van der Waals surface area contributed by atoms with Crippen LogP contribution in [0.4, 0.5) is 5.69 Å². The number of benzene rings is 2. The molecule has 3 aromatic rings. The summed E-state index contributed by atoms with van der Waals surface area (Å²) < 4.78 is 7.16. The number of ether oxygens (including phenoxy) is 1. The fraction of sp³-hybridized carbons (Fsp3) is 0.360. The van der Waals surface area contributed by atoms with Crippen LogP contribution in [0.5, 0.6) is 5.75 Å². The molecule has 0 unspecified atom stereocenters. The Bertz CT molecular complexity index is 1280. The molecule has 0 aliphatic carbocycles. The molecule has 0 amide bonds. The van der Waals surface area contributed by atoms with Gasteiger partial charge in [0, 0.05) is 56.4 Å². The Morgan fingerprint density at radius 3 is 2.52 bits per heavy atom. The molecule has 2 aliphatic heterocycles. The van der Waals surface area contributed by atoms with Crippen LogP contribution in [0.2, 0.25) is 5.02 Å². The Hall–Kier alpha value is -3.03. The lowest BCUT2D eigenvalue weighted by atomic mass is 9.96. The minimum Gasteiger partial charge on any atom is -0.497 e. The Morgan fingerprint density at radius 1 is 1.12 bits per heavy atom. The van der Waals surface area contributed by atoms with Gasteiger partial charge in [0.05, 0.1) is 23.3 Å². The summed E-state index contributed by atoms with van der Waals surface area (Å²) in [5.41, 5.74) is 3.46. The smallest absolute Gasteiger partial charge is 0.341 e. The van der Waals surface area contributed by atoms with Gasteiger partial charge >= 0.3 is 5.97 Å². The third-order valence-corrected chi connectivity index (χ3v) is 6.98. The molecule has 1 saturated heterocycles. The van der Waals surface area contributed by atoms with E-state index in [1.165, 1.54) is 11.8 Å². The lowest BCUT2D eigenvalue weighted by molar-refractivity contribution is 0.0694. The molecule has 0 saturated carbocycles. The molecule has 5 rings (SSSR count). The minimum absolute atomic E-state index is 0.202. The van der Waals surface area contributed by atoms with E-state index in [4.69, 9.17) is 16.3 Å². The lowest BCUT2D eigenvalue weighted by Gasteiger charge is -2.38. The molecule has 0 atom stereocenters. The van der Waals surface area contributed by atoms with E-state index in [0.29, 0.717) is 17.0 Å². The van der Waals surface area contributed by atoms with Crippen LogP contribution in [0.3, 0.4) is 0 Å². The number of hydrogen-bond donors (Lipinski definition) is 1. The number of halogens is 1. The van der Waals surface area contributed by atoms with Gasteiger partial charge < -0.3 is 19.3 Å². The molecule has 0 radical (unpaired) electrons. The molecule has 1 fully saturated rings. The third-order valence-electron chi connectivity index (χ3n) is 6.70. The summed E-state index contributed by atoms with van der Waals surface area (Å²) in [4.78, 5) is 29.1. The molecule has 0 spiro atoms. The first-order valence-corrected chi connectivity index (χ1v) is 11.6. The van der Waals surface area contributed by atoms with E-state index in [-0.39, 0.29) is 5.56 Å². The van der Waals surface area contributed by atoms with Crippen molar-refractivity contribution in [2.24, 2.45) is 0 Å². The van der Waals surface area contributed by atoms with Gasteiger partial charge in [0.25, 0.3) is 0 Å². The van der Waals surface area contributed by atoms with Crippen molar-refractivity contribution in [3.05, 3.63) is 68.5 Å². The van der Waals surface area contributed by atoms with Gasteiger partial charge in [-0.3, -0.25) is 9.69 Å². The highest BCUT2D eigenvalue weighted by Crippen LogP contribution is 2.38. The number of hydrogen-bond acceptors (Lipinski definition) is 5. The first-order valence-electron chi connectivity index (χ1n) is 11.2. The van der Waals surface area contributed by atoms with Crippen LogP contribution in [0, 0.1) is 0 Å². The standard InChI is InChI=1S/C25H26ClN3O4/c1-33-17-6-4-16(5-7-17)14-27-9-11-28(12-10-27)23-18-3-2-8-29-15-20(25(31)32)24(30)19(22(18)29)13-21(23)26/h4-7,13,15H,2-3,8-12,14H2,1H3,(H,31,32). The second kappa shape index (κ2) is 8.72. The minimum atomic E-state index is -1.20. The second-order valence-electron chi connectivity index (χ2n) is 8.67. The fourth-order valence-electron chi connectivity index (χ4n) is 5.06. The van der Waals surface area contributed by atoms with Crippen molar-refractivity contribution < 1.29 is 14.6 Å². The average Bonchev–Trinajstić information content (AvgIpc) is 2.82. The van der Waals surface area contributed by atoms with Crippen LogP contribution in [-0.2, 0) is 19.5 Å². The molecule has 33 heavy (non-hydrogen) atoms.